The summed E-state index contributed by atoms with van der Waals surface area (Å²) in [6.07, 6.45) is 69.5. The van der Waals surface area contributed by atoms with Gasteiger partial charge in [0.2, 0.25) is 5.91 Å². The molecule has 0 radical (unpaired) electrons. The van der Waals surface area contributed by atoms with Crippen LogP contribution in [-0.4, -0.2) is 47.4 Å². The number of aliphatic hydroxyl groups is 2. The lowest BCUT2D eigenvalue weighted by atomic mass is 10.0. The van der Waals surface area contributed by atoms with Gasteiger partial charge in [0.15, 0.2) is 0 Å². The minimum atomic E-state index is -0.662. The first-order valence-electron chi connectivity index (χ1n) is 30.9. The second-order valence-electron chi connectivity index (χ2n) is 21.4. The zero-order chi connectivity index (χ0) is 49.3. The molecule has 68 heavy (non-hydrogen) atoms. The van der Waals surface area contributed by atoms with Crippen molar-refractivity contribution in [3.05, 3.63) is 12.2 Å². The number of amides is 1. The Kier molecular flexibility index (Phi) is 57.0. The summed E-state index contributed by atoms with van der Waals surface area (Å²) in [6.45, 7) is 4.96. The van der Waals surface area contributed by atoms with E-state index in [-0.39, 0.29) is 18.5 Å². The standard InChI is InChI=1S/C62H121NO5/c1-3-5-7-9-11-13-15-36-40-44-48-52-56-62(67)68-57-53-49-45-41-37-33-31-29-27-25-23-21-19-17-16-18-20-22-24-26-28-30-32-35-39-43-47-51-55-61(66)63-59(58-64)60(65)54-50-46-42-38-34-14-12-10-8-6-4-2/h16-17,59-60,64-65H,3-15,18-58H2,1-2H3,(H,63,66)/b17-16-. The fourth-order valence-electron chi connectivity index (χ4n) is 9.81. The summed E-state index contributed by atoms with van der Waals surface area (Å²) in [7, 11) is 0. The first kappa shape index (κ1) is 66.6. The number of hydrogen-bond acceptors (Lipinski definition) is 5. The van der Waals surface area contributed by atoms with Gasteiger partial charge in [-0.3, -0.25) is 9.59 Å². The number of aliphatic hydroxyl groups excluding tert-OH is 2. The first-order valence-corrected chi connectivity index (χ1v) is 30.9. The van der Waals surface area contributed by atoms with Gasteiger partial charge in [0.1, 0.15) is 0 Å². The van der Waals surface area contributed by atoms with Gasteiger partial charge in [-0.15, -0.1) is 0 Å². The van der Waals surface area contributed by atoms with Gasteiger partial charge in [-0.25, -0.2) is 0 Å². The van der Waals surface area contributed by atoms with E-state index >= 15 is 0 Å². The molecule has 0 bridgehead atoms. The molecule has 0 saturated heterocycles. The maximum atomic E-state index is 12.4. The predicted octanol–water partition coefficient (Wildman–Crippen LogP) is 19.2. The average Bonchev–Trinajstić information content (AvgIpc) is 3.34. The van der Waals surface area contributed by atoms with Crippen molar-refractivity contribution in [2.45, 2.75) is 360 Å². The van der Waals surface area contributed by atoms with Crippen molar-refractivity contribution in [1.29, 1.82) is 0 Å². The Balaban J connectivity index is 3.35. The molecule has 2 atom stereocenters. The zero-order valence-electron chi connectivity index (χ0n) is 46.1. The van der Waals surface area contributed by atoms with Crippen LogP contribution < -0.4 is 5.32 Å². The van der Waals surface area contributed by atoms with Gasteiger partial charge in [-0.2, -0.15) is 0 Å². The van der Waals surface area contributed by atoms with E-state index in [0.29, 0.717) is 25.9 Å². The topological polar surface area (TPSA) is 95.9 Å². The number of rotatable bonds is 58. The van der Waals surface area contributed by atoms with E-state index in [1.165, 1.54) is 276 Å². The van der Waals surface area contributed by atoms with Gasteiger partial charge in [0.25, 0.3) is 0 Å². The van der Waals surface area contributed by atoms with Gasteiger partial charge < -0.3 is 20.3 Å². The van der Waals surface area contributed by atoms with E-state index in [4.69, 9.17) is 4.74 Å². The second-order valence-corrected chi connectivity index (χ2v) is 21.4. The molecule has 6 nitrogen and oxygen atoms in total. The number of esters is 1. The Morgan fingerprint density at radius 2 is 0.691 bits per heavy atom. The zero-order valence-corrected chi connectivity index (χ0v) is 46.1. The number of carbonyl (C=O) groups is 2. The molecular weight excluding hydrogens is 839 g/mol. The summed E-state index contributed by atoms with van der Waals surface area (Å²) < 4.78 is 5.47. The van der Waals surface area contributed by atoms with Crippen LogP contribution in [0.1, 0.15) is 348 Å². The lowest BCUT2D eigenvalue weighted by molar-refractivity contribution is -0.143. The molecule has 0 rings (SSSR count). The minimum absolute atomic E-state index is 0.0169. The molecule has 0 saturated carbocycles. The first-order chi connectivity index (χ1) is 33.5. The summed E-state index contributed by atoms with van der Waals surface area (Å²) in [4.78, 5) is 24.5. The molecule has 2 unspecified atom stereocenters. The smallest absolute Gasteiger partial charge is 0.305 e. The van der Waals surface area contributed by atoms with Crippen LogP contribution in [0.3, 0.4) is 0 Å². The van der Waals surface area contributed by atoms with Crippen molar-refractivity contribution in [2.75, 3.05) is 13.2 Å². The fraction of sp³-hybridized carbons (Fsp3) is 0.935. The highest BCUT2D eigenvalue weighted by atomic mass is 16.5. The third-order valence-corrected chi connectivity index (χ3v) is 14.6. The highest BCUT2D eigenvalue weighted by molar-refractivity contribution is 5.76. The molecule has 3 N–H and O–H groups in total. The molecule has 0 aliphatic rings. The maximum absolute atomic E-state index is 12.4. The summed E-state index contributed by atoms with van der Waals surface area (Å²) in [5, 5.41) is 23.2. The third kappa shape index (κ3) is 53.9. The number of nitrogens with one attached hydrogen (secondary N) is 1. The lowest BCUT2D eigenvalue weighted by Crippen LogP contribution is -2.45. The average molecular weight is 961 g/mol. The molecule has 404 valence electrons. The molecular formula is C62H121NO5. The molecule has 1 amide bonds. The minimum Gasteiger partial charge on any atom is -0.466 e. The normalized spacial score (nSPS) is 12.6. The van der Waals surface area contributed by atoms with Gasteiger partial charge in [0, 0.05) is 12.8 Å². The fourth-order valence-corrected chi connectivity index (χ4v) is 9.81. The van der Waals surface area contributed by atoms with Crippen LogP contribution in [0, 0.1) is 0 Å². The lowest BCUT2D eigenvalue weighted by Gasteiger charge is -2.22. The quantitative estimate of drug-likeness (QED) is 0.0321. The SMILES string of the molecule is CCCCCCCCCCCCCCC(=O)OCCCCCCCCCCCCCC/C=C\CCCCCCCCCCCCCCC(=O)NC(CO)C(O)CCCCCCCCCCCCC. The molecule has 0 aliphatic carbocycles. The number of carbonyl (C=O) groups excluding carboxylic acids is 2. The van der Waals surface area contributed by atoms with E-state index in [9.17, 15) is 19.8 Å². The van der Waals surface area contributed by atoms with Crippen molar-refractivity contribution in [3.63, 3.8) is 0 Å². The molecule has 0 aromatic carbocycles. The van der Waals surface area contributed by atoms with Crippen LogP contribution in [0.25, 0.3) is 0 Å². The van der Waals surface area contributed by atoms with Gasteiger partial charge in [-0.05, 0) is 51.4 Å². The highest BCUT2D eigenvalue weighted by Crippen LogP contribution is 2.18. The van der Waals surface area contributed by atoms with Crippen LogP contribution in [0.4, 0.5) is 0 Å². The number of allylic oxidation sites excluding steroid dienone is 2. The van der Waals surface area contributed by atoms with Crippen LogP contribution >= 0.6 is 0 Å². The maximum Gasteiger partial charge on any atom is 0.305 e. The van der Waals surface area contributed by atoms with E-state index < -0.39 is 12.1 Å². The highest BCUT2D eigenvalue weighted by Gasteiger charge is 2.20. The largest absolute Gasteiger partial charge is 0.466 e. The number of hydrogen-bond donors (Lipinski definition) is 3. The van der Waals surface area contributed by atoms with Crippen molar-refractivity contribution in [2.24, 2.45) is 0 Å². The molecule has 0 spiro atoms. The van der Waals surface area contributed by atoms with Crippen molar-refractivity contribution in [1.82, 2.24) is 5.32 Å². The molecule has 6 heteroatoms. The summed E-state index contributed by atoms with van der Waals surface area (Å²) >= 11 is 0. The Morgan fingerprint density at radius 3 is 1.04 bits per heavy atom. The van der Waals surface area contributed by atoms with Crippen molar-refractivity contribution < 1.29 is 24.5 Å². The second kappa shape index (κ2) is 58.2. The Hall–Kier alpha value is -1.40. The Bertz CT molecular complexity index is 1020. The van der Waals surface area contributed by atoms with Crippen molar-refractivity contribution in [3.8, 4) is 0 Å². The van der Waals surface area contributed by atoms with Crippen LogP contribution in [-0.2, 0) is 14.3 Å². The number of ether oxygens (including phenoxy) is 1. The van der Waals surface area contributed by atoms with Gasteiger partial charge in [0.05, 0.1) is 25.4 Å². The van der Waals surface area contributed by atoms with Gasteiger partial charge in [-0.1, -0.05) is 296 Å². The van der Waals surface area contributed by atoms with E-state index in [0.717, 1.165) is 38.5 Å². The van der Waals surface area contributed by atoms with E-state index in [2.05, 4.69) is 31.3 Å². The van der Waals surface area contributed by atoms with Crippen LogP contribution in [0.5, 0.6) is 0 Å². The summed E-state index contributed by atoms with van der Waals surface area (Å²) in [5.74, 6) is -0.0175. The third-order valence-electron chi connectivity index (χ3n) is 14.6. The van der Waals surface area contributed by atoms with Crippen molar-refractivity contribution >= 4 is 11.9 Å². The molecule has 0 heterocycles. The van der Waals surface area contributed by atoms with E-state index in [1.54, 1.807) is 0 Å². The Morgan fingerprint density at radius 1 is 0.397 bits per heavy atom. The van der Waals surface area contributed by atoms with Crippen LogP contribution in [0.15, 0.2) is 12.2 Å². The number of unbranched alkanes of at least 4 members (excludes halogenated alkanes) is 45. The monoisotopic (exact) mass is 960 g/mol. The predicted molar refractivity (Wildman–Crippen MR) is 297 cm³/mol. The molecule has 0 aromatic rings. The Labute approximate surface area is 425 Å². The summed E-state index contributed by atoms with van der Waals surface area (Å²) in [6, 6.07) is -0.539. The molecule has 0 aromatic heterocycles. The summed E-state index contributed by atoms with van der Waals surface area (Å²) in [5.41, 5.74) is 0. The van der Waals surface area contributed by atoms with E-state index in [1.807, 2.05) is 0 Å². The van der Waals surface area contributed by atoms with Crippen LogP contribution in [0.2, 0.25) is 0 Å². The van der Waals surface area contributed by atoms with Gasteiger partial charge >= 0.3 is 5.97 Å². The molecule has 0 aliphatic heterocycles. The molecule has 0 fully saturated rings.